The second-order valence-electron chi connectivity index (χ2n) is 13.5. The SMILES string of the molecule is C[C@H](CCC(=O)NCc1ccccc1N)[C@H]1CC[C@H]2[C@@H]3[C@H](O)C[C@@H]4C[C@H](O)CC[C@]4(C)[C@H]3C[C@H](O)[C@]12C. The maximum Gasteiger partial charge on any atom is 0.220 e. The van der Waals surface area contributed by atoms with E-state index in [1.54, 1.807) is 0 Å². The van der Waals surface area contributed by atoms with E-state index in [1.165, 1.54) is 0 Å². The van der Waals surface area contributed by atoms with Crippen LogP contribution in [0.15, 0.2) is 24.3 Å². The van der Waals surface area contributed by atoms with E-state index in [1.807, 2.05) is 24.3 Å². The molecular weight excluding hydrogens is 464 g/mol. The van der Waals surface area contributed by atoms with Crippen LogP contribution in [0.2, 0.25) is 0 Å². The number of carbonyl (C=O) groups excluding carboxylic acids is 1. The number of nitrogens with one attached hydrogen (secondary N) is 1. The molecule has 6 nitrogen and oxygen atoms in total. The van der Waals surface area contributed by atoms with Gasteiger partial charge in [-0.1, -0.05) is 39.0 Å². The van der Waals surface area contributed by atoms with Crippen molar-refractivity contribution in [3.8, 4) is 0 Å². The van der Waals surface area contributed by atoms with Gasteiger partial charge in [0.25, 0.3) is 0 Å². The van der Waals surface area contributed by atoms with Crippen molar-refractivity contribution in [2.45, 2.75) is 103 Å². The van der Waals surface area contributed by atoms with Gasteiger partial charge in [0.05, 0.1) is 18.3 Å². The fourth-order valence-corrected chi connectivity index (χ4v) is 9.67. The van der Waals surface area contributed by atoms with Crippen molar-refractivity contribution in [3.05, 3.63) is 29.8 Å². The number of amides is 1. The number of aliphatic hydroxyl groups excluding tert-OH is 3. The summed E-state index contributed by atoms with van der Waals surface area (Å²) in [5.41, 5.74) is 7.50. The molecule has 0 heterocycles. The molecule has 0 aliphatic heterocycles. The summed E-state index contributed by atoms with van der Waals surface area (Å²) in [5.74, 6) is 1.89. The fourth-order valence-electron chi connectivity index (χ4n) is 9.67. The zero-order valence-corrected chi connectivity index (χ0v) is 22.9. The van der Waals surface area contributed by atoms with E-state index in [0.717, 1.165) is 56.9 Å². The van der Waals surface area contributed by atoms with Crippen LogP contribution in [0.3, 0.4) is 0 Å². The molecule has 0 bridgehead atoms. The number of aliphatic hydroxyl groups is 3. The minimum absolute atomic E-state index is 0.0419. The number of hydrogen-bond acceptors (Lipinski definition) is 5. The summed E-state index contributed by atoms with van der Waals surface area (Å²) in [6.07, 6.45) is 6.52. The lowest BCUT2D eigenvalue weighted by Gasteiger charge is -2.63. The summed E-state index contributed by atoms with van der Waals surface area (Å²) >= 11 is 0. The number of para-hydroxylation sites is 1. The lowest BCUT2D eigenvalue weighted by Crippen LogP contribution is -2.62. The van der Waals surface area contributed by atoms with E-state index in [9.17, 15) is 20.1 Å². The first kappa shape index (κ1) is 27.0. The third-order valence-corrected chi connectivity index (χ3v) is 11.9. The van der Waals surface area contributed by atoms with E-state index < -0.39 is 6.10 Å². The molecule has 1 amide bonds. The normalized spacial score (nSPS) is 43.8. The molecule has 6 N–H and O–H groups in total. The fraction of sp³-hybridized carbons (Fsp3) is 0.774. The number of hydrogen-bond donors (Lipinski definition) is 5. The number of nitrogens with two attached hydrogens (primary N) is 1. The third-order valence-electron chi connectivity index (χ3n) is 11.9. The van der Waals surface area contributed by atoms with Crippen molar-refractivity contribution in [3.63, 3.8) is 0 Å². The highest BCUT2D eigenvalue weighted by Crippen LogP contribution is 2.68. The van der Waals surface area contributed by atoms with E-state index in [4.69, 9.17) is 5.73 Å². The number of rotatable bonds is 6. The minimum atomic E-state index is -0.391. The lowest BCUT2D eigenvalue weighted by molar-refractivity contribution is -0.207. The maximum atomic E-state index is 12.6. The minimum Gasteiger partial charge on any atom is -0.398 e. The molecule has 6 heteroatoms. The average molecular weight is 513 g/mol. The highest BCUT2D eigenvalue weighted by atomic mass is 16.3. The maximum absolute atomic E-state index is 12.6. The Morgan fingerprint density at radius 3 is 2.59 bits per heavy atom. The Balaban J connectivity index is 1.24. The topological polar surface area (TPSA) is 116 Å². The van der Waals surface area contributed by atoms with E-state index >= 15 is 0 Å². The molecule has 37 heavy (non-hydrogen) atoms. The highest BCUT2D eigenvalue weighted by molar-refractivity contribution is 5.76. The first-order valence-electron chi connectivity index (χ1n) is 14.7. The van der Waals surface area contributed by atoms with Crippen LogP contribution in [0.1, 0.15) is 84.1 Å². The van der Waals surface area contributed by atoms with Crippen molar-refractivity contribution in [1.29, 1.82) is 0 Å². The number of nitrogen functional groups attached to an aromatic ring is 1. The molecule has 4 fully saturated rings. The van der Waals surface area contributed by atoms with Gasteiger partial charge >= 0.3 is 0 Å². The largest absolute Gasteiger partial charge is 0.398 e. The van der Waals surface area contributed by atoms with Crippen molar-refractivity contribution in [2.75, 3.05) is 5.73 Å². The van der Waals surface area contributed by atoms with Gasteiger partial charge in [-0.25, -0.2) is 0 Å². The zero-order chi connectivity index (χ0) is 26.5. The smallest absolute Gasteiger partial charge is 0.220 e. The summed E-state index contributed by atoms with van der Waals surface area (Å²) in [5, 5.41) is 36.5. The molecule has 5 rings (SSSR count). The second-order valence-corrected chi connectivity index (χ2v) is 13.5. The molecule has 11 atom stereocenters. The van der Waals surface area contributed by atoms with Crippen LogP contribution < -0.4 is 11.1 Å². The van der Waals surface area contributed by atoms with Crippen molar-refractivity contribution >= 4 is 11.6 Å². The van der Waals surface area contributed by atoms with Gasteiger partial charge in [0.1, 0.15) is 0 Å². The molecule has 4 saturated carbocycles. The summed E-state index contributed by atoms with van der Waals surface area (Å²) in [6, 6.07) is 7.61. The van der Waals surface area contributed by atoms with Crippen LogP contribution in [-0.2, 0) is 11.3 Å². The van der Waals surface area contributed by atoms with E-state index in [0.29, 0.717) is 48.2 Å². The second kappa shape index (κ2) is 10.2. The van der Waals surface area contributed by atoms with Gasteiger partial charge in [0.2, 0.25) is 5.91 Å². The lowest BCUT2D eigenvalue weighted by atomic mass is 9.43. The molecule has 0 spiro atoms. The van der Waals surface area contributed by atoms with E-state index in [-0.39, 0.29) is 34.9 Å². The first-order valence-corrected chi connectivity index (χ1v) is 14.7. The summed E-state index contributed by atoms with van der Waals surface area (Å²) in [7, 11) is 0. The molecular formula is C31H48N2O4. The predicted molar refractivity (Wildman–Crippen MR) is 145 cm³/mol. The first-order chi connectivity index (χ1) is 17.6. The molecule has 1 aromatic carbocycles. The molecule has 0 aromatic heterocycles. The molecule has 0 unspecified atom stereocenters. The average Bonchev–Trinajstić information content (AvgIpc) is 3.22. The van der Waals surface area contributed by atoms with Gasteiger partial charge in [0, 0.05) is 18.7 Å². The summed E-state index contributed by atoms with van der Waals surface area (Å²) in [6.45, 7) is 7.34. The van der Waals surface area contributed by atoms with Gasteiger partial charge in [0.15, 0.2) is 0 Å². The van der Waals surface area contributed by atoms with Crippen LogP contribution in [-0.4, -0.2) is 39.5 Å². The Labute approximate surface area is 222 Å². The standard InChI is InChI=1S/C31H48N2O4/c1-18(8-11-28(37)33-17-19-6-4-5-7-25(19)32)22-9-10-23-29-24(16-27(36)31(22,23)3)30(2)13-12-21(34)14-20(30)15-26(29)35/h4-7,18,20-24,26-27,29,34-36H,8-17,32H2,1-3H3,(H,33,37)/t18-,20+,21-,22-,23+,24+,26-,27+,29+,30+,31-/m1/s1. The third kappa shape index (κ3) is 4.61. The Morgan fingerprint density at radius 2 is 1.84 bits per heavy atom. The highest BCUT2D eigenvalue weighted by Gasteiger charge is 2.65. The molecule has 206 valence electrons. The van der Waals surface area contributed by atoms with Gasteiger partial charge in [-0.3, -0.25) is 4.79 Å². The van der Waals surface area contributed by atoms with Gasteiger partial charge in [-0.15, -0.1) is 0 Å². The quantitative estimate of drug-likeness (QED) is 0.365. The zero-order valence-electron chi connectivity index (χ0n) is 22.9. The van der Waals surface area contributed by atoms with Crippen LogP contribution in [0.5, 0.6) is 0 Å². The Morgan fingerprint density at radius 1 is 1.08 bits per heavy atom. The predicted octanol–water partition coefficient (Wildman–Crippen LogP) is 4.26. The summed E-state index contributed by atoms with van der Waals surface area (Å²) in [4.78, 5) is 12.6. The van der Waals surface area contributed by atoms with Gasteiger partial charge < -0.3 is 26.4 Å². The van der Waals surface area contributed by atoms with Crippen LogP contribution in [0.4, 0.5) is 5.69 Å². The molecule has 4 aliphatic carbocycles. The number of fused-ring (bicyclic) bond motifs is 5. The Bertz CT molecular complexity index is 986. The number of carbonyl (C=O) groups is 1. The number of anilines is 1. The van der Waals surface area contributed by atoms with Crippen molar-refractivity contribution in [2.24, 2.45) is 46.3 Å². The van der Waals surface area contributed by atoms with Crippen LogP contribution >= 0.6 is 0 Å². The molecule has 0 radical (unpaired) electrons. The summed E-state index contributed by atoms with van der Waals surface area (Å²) < 4.78 is 0. The van der Waals surface area contributed by atoms with Crippen molar-refractivity contribution in [1.82, 2.24) is 5.32 Å². The Kier molecular flexibility index (Phi) is 7.40. The Hall–Kier alpha value is -1.63. The molecule has 4 aliphatic rings. The van der Waals surface area contributed by atoms with Crippen LogP contribution in [0.25, 0.3) is 0 Å². The molecule has 0 saturated heterocycles. The van der Waals surface area contributed by atoms with Gasteiger partial charge in [-0.2, -0.15) is 0 Å². The monoisotopic (exact) mass is 512 g/mol. The van der Waals surface area contributed by atoms with Crippen LogP contribution in [0, 0.1) is 46.3 Å². The number of benzene rings is 1. The van der Waals surface area contributed by atoms with Crippen molar-refractivity contribution < 1.29 is 20.1 Å². The van der Waals surface area contributed by atoms with Gasteiger partial charge in [-0.05, 0) is 109 Å². The molecule has 1 aromatic rings. The van der Waals surface area contributed by atoms with E-state index in [2.05, 4.69) is 26.1 Å².